The van der Waals surface area contributed by atoms with Gasteiger partial charge in [0, 0.05) is 12.7 Å². The molecule has 3 heteroatoms. The van der Waals surface area contributed by atoms with Crippen LogP contribution in [0.4, 0.5) is 5.69 Å². The lowest BCUT2D eigenvalue weighted by Crippen LogP contribution is -2.56. The van der Waals surface area contributed by atoms with E-state index in [-0.39, 0.29) is 5.91 Å². The third-order valence-corrected chi connectivity index (χ3v) is 5.69. The largest absolute Gasteiger partial charge is 0.384 e. The lowest BCUT2D eigenvalue weighted by Gasteiger charge is -2.47. The highest BCUT2D eigenvalue weighted by molar-refractivity contribution is 6.09. The molecular formula is C20H21NO2. The van der Waals surface area contributed by atoms with Crippen molar-refractivity contribution >= 4 is 11.6 Å². The van der Waals surface area contributed by atoms with Crippen LogP contribution < -0.4 is 4.90 Å². The topological polar surface area (TPSA) is 40.5 Å². The molecule has 2 aromatic rings. The van der Waals surface area contributed by atoms with Crippen molar-refractivity contribution in [3.8, 4) is 0 Å². The maximum absolute atomic E-state index is 13.3. The molecule has 1 amide bonds. The number of amides is 1. The van der Waals surface area contributed by atoms with Crippen LogP contribution in [0.2, 0.25) is 0 Å². The number of benzene rings is 2. The molecule has 1 saturated carbocycles. The Kier molecular flexibility index (Phi) is 3.10. The zero-order chi connectivity index (χ0) is 16.1. The van der Waals surface area contributed by atoms with Crippen LogP contribution in [0.15, 0.2) is 54.6 Å². The number of carbonyl (C=O) groups is 1. The first kappa shape index (κ1) is 14.5. The number of carbonyl (C=O) groups excluding carboxylic acids is 1. The fourth-order valence-electron chi connectivity index (χ4n) is 4.57. The van der Waals surface area contributed by atoms with Crippen LogP contribution in [-0.4, -0.2) is 18.1 Å². The fraction of sp³-hybridized carbons (Fsp3) is 0.350. The molecule has 2 unspecified atom stereocenters. The minimum absolute atomic E-state index is 0.0183. The zero-order valence-corrected chi connectivity index (χ0v) is 13.3. The summed E-state index contributed by atoms with van der Waals surface area (Å²) in [6, 6.07) is 17.6. The summed E-state index contributed by atoms with van der Waals surface area (Å²) in [7, 11) is 1.82. The van der Waals surface area contributed by atoms with Crippen molar-refractivity contribution in [2.24, 2.45) is 0 Å². The van der Waals surface area contributed by atoms with Gasteiger partial charge in [0.05, 0.1) is 0 Å². The molecule has 1 N–H and O–H groups in total. The molecule has 0 radical (unpaired) electrons. The van der Waals surface area contributed by atoms with E-state index in [9.17, 15) is 9.90 Å². The number of aliphatic hydroxyl groups is 1. The van der Waals surface area contributed by atoms with Crippen molar-refractivity contribution in [1.82, 2.24) is 0 Å². The van der Waals surface area contributed by atoms with Crippen molar-refractivity contribution in [3.63, 3.8) is 0 Å². The molecule has 3 nitrogen and oxygen atoms in total. The number of fused-ring (bicyclic) bond motifs is 2. The smallest absolute Gasteiger partial charge is 0.240 e. The second-order valence-electron chi connectivity index (χ2n) is 6.72. The summed E-state index contributed by atoms with van der Waals surface area (Å²) in [5.74, 6) is 0.0183. The van der Waals surface area contributed by atoms with Gasteiger partial charge in [0.15, 0.2) is 0 Å². The van der Waals surface area contributed by atoms with Gasteiger partial charge in [-0.05, 0) is 30.0 Å². The Hall–Kier alpha value is -2.13. The monoisotopic (exact) mass is 307 g/mol. The number of nitrogens with zero attached hydrogens (tertiary/aromatic N) is 1. The first-order valence-electron chi connectivity index (χ1n) is 8.27. The third-order valence-electron chi connectivity index (χ3n) is 5.69. The van der Waals surface area contributed by atoms with Gasteiger partial charge in [0.2, 0.25) is 5.91 Å². The summed E-state index contributed by atoms with van der Waals surface area (Å²) in [5, 5.41) is 11.8. The van der Waals surface area contributed by atoms with Crippen molar-refractivity contribution in [3.05, 3.63) is 65.7 Å². The van der Waals surface area contributed by atoms with Gasteiger partial charge in [-0.25, -0.2) is 0 Å². The lowest BCUT2D eigenvalue weighted by atomic mass is 9.58. The minimum atomic E-state index is -1.15. The van der Waals surface area contributed by atoms with Crippen LogP contribution in [0.5, 0.6) is 0 Å². The van der Waals surface area contributed by atoms with Gasteiger partial charge in [-0.2, -0.15) is 0 Å². The van der Waals surface area contributed by atoms with Crippen LogP contribution in [0.1, 0.15) is 36.8 Å². The van der Waals surface area contributed by atoms with Crippen molar-refractivity contribution < 1.29 is 9.90 Å². The van der Waals surface area contributed by atoms with Crippen molar-refractivity contribution in [1.29, 1.82) is 0 Å². The average Bonchev–Trinajstić information content (AvgIpc) is 2.82. The number of para-hydroxylation sites is 1. The number of rotatable bonds is 1. The molecule has 118 valence electrons. The van der Waals surface area contributed by atoms with Gasteiger partial charge < -0.3 is 10.0 Å². The Morgan fingerprint density at radius 2 is 1.61 bits per heavy atom. The highest BCUT2D eigenvalue weighted by atomic mass is 16.3. The van der Waals surface area contributed by atoms with E-state index >= 15 is 0 Å². The van der Waals surface area contributed by atoms with E-state index < -0.39 is 11.0 Å². The van der Waals surface area contributed by atoms with E-state index in [1.54, 1.807) is 4.90 Å². The van der Waals surface area contributed by atoms with Crippen LogP contribution >= 0.6 is 0 Å². The normalized spacial score (nSPS) is 29.8. The maximum atomic E-state index is 13.3. The van der Waals surface area contributed by atoms with Crippen molar-refractivity contribution in [2.45, 2.75) is 36.7 Å². The highest BCUT2D eigenvalue weighted by Gasteiger charge is 2.63. The first-order chi connectivity index (χ1) is 11.1. The molecule has 4 rings (SSSR count). The van der Waals surface area contributed by atoms with E-state index in [0.717, 1.165) is 29.7 Å². The van der Waals surface area contributed by atoms with Crippen LogP contribution in [-0.2, 0) is 15.8 Å². The number of likely N-dealkylation sites (N-methyl/N-ethyl adjacent to an activating group) is 1. The molecule has 1 aliphatic carbocycles. The van der Waals surface area contributed by atoms with Crippen LogP contribution in [0, 0.1) is 0 Å². The van der Waals surface area contributed by atoms with Gasteiger partial charge in [-0.1, -0.05) is 61.4 Å². The number of hydrogen-bond acceptors (Lipinski definition) is 2. The molecule has 1 fully saturated rings. The van der Waals surface area contributed by atoms with Gasteiger partial charge in [-0.15, -0.1) is 0 Å². The predicted octanol–water partition coefficient (Wildman–Crippen LogP) is 3.36. The van der Waals surface area contributed by atoms with Gasteiger partial charge in [0.25, 0.3) is 0 Å². The average molecular weight is 307 g/mol. The van der Waals surface area contributed by atoms with Gasteiger partial charge in [-0.3, -0.25) is 4.79 Å². The summed E-state index contributed by atoms with van der Waals surface area (Å²) in [6.45, 7) is 0. The molecule has 2 atom stereocenters. The van der Waals surface area contributed by atoms with E-state index in [1.807, 2.05) is 61.6 Å². The zero-order valence-electron chi connectivity index (χ0n) is 13.3. The molecule has 0 bridgehead atoms. The molecule has 2 aliphatic rings. The molecular weight excluding hydrogens is 286 g/mol. The number of hydrogen-bond donors (Lipinski definition) is 1. The van der Waals surface area contributed by atoms with E-state index in [2.05, 4.69) is 0 Å². The quantitative estimate of drug-likeness (QED) is 0.877. The molecule has 1 heterocycles. The predicted molar refractivity (Wildman–Crippen MR) is 90.3 cm³/mol. The third kappa shape index (κ3) is 1.71. The molecule has 2 aromatic carbocycles. The second kappa shape index (κ2) is 4.93. The summed E-state index contributed by atoms with van der Waals surface area (Å²) in [5.41, 5.74) is 0.730. The van der Waals surface area contributed by atoms with Crippen molar-refractivity contribution in [2.75, 3.05) is 11.9 Å². The summed E-state index contributed by atoms with van der Waals surface area (Å²) >= 11 is 0. The summed E-state index contributed by atoms with van der Waals surface area (Å²) < 4.78 is 0. The van der Waals surface area contributed by atoms with E-state index in [4.69, 9.17) is 0 Å². The molecule has 23 heavy (non-hydrogen) atoms. The second-order valence-corrected chi connectivity index (χ2v) is 6.72. The fourth-order valence-corrected chi connectivity index (χ4v) is 4.57. The molecule has 1 spiro atoms. The molecule has 0 aromatic heterocycles. The Morgan fingerprint density at radius 3 is 2.39 bits per heavy atom. The van der Waals surface area contributed by atoms with Gasteiger partial charge in [0.1, 0.15) is 11.0 Å². The van der Waals surface area contributed by atoms with Gasteiger partial charge >= 0.3 is 0 Å². The maximum Gasteiger partial charge on any atom is 0.240 e. The highest BCUT2D eigenvalue weighted by Crippen LogP contribution is 2.58. The Labute approximate surface area is 136 Å². The lowest BCUT2D eigenvalue weighted by molar-refractivity contribution is -0.141. The summed E-state index contributed by atoms with van der Waals surface area (Å²) in [6.07, 6.45) is 3.21. The SMILES string of the molecule is CN1C(=O)C2(CCCCC2(O)c2ccccc2)c2ccccc21. The first-order valence-corrected chi connectivity index (χ1v) is 8.27. The number of anilines is 1. The van der Waals surface area contributed by atoms with Crippen LogP contribution in [0.3, 0.4) is 0 Å². The molecule has 0 saturated heterocycles. The Balaban J connectivity index is 2.00. The summed E-state index contributed by atoms with van der Waals surface area (Å²) in [4.78, 5) is 15.0. The Morgan fingerprint density at radius 1 is 0.957 bits per heavy atom. The minimum Gasteiger partial charge on any atom is -0.384 e. The van der Waals surface area contributed by atoms with Crippen LogP contribution in [0.25, 0.3) is 0 Å². The molecule has 1 aliphatic heterocycles. The van der Waals surface area contributed by atoms with E-state index in [1.165, 1.54) is 0 Å². The standard InChI is InChI=1S/C20H21NO2/c1-21-17-12-6-5-11-16(17)19(18(21)22)13-7-8-14-20(19,23)15-9-3-2-4-10-15/h2-6,9-12,23H,7-8,13-14H2,1H3. The van der Waals surface area contributed by atoms with E-state index in [0.29, 0.717) is 12.8 Å². The Bertz CT molecular complexity index is 757.